The fourth-order valence-corrected chi connectivity index (χ4v) is 4.01. The first-order valence-corrected chi connectivity index (χ1v) is 11.4. The summed E-state index contributed by atoms with van der Waals surface area (Å²) in [5.74, 6) is 0.125. The number of ether oxygens (including phenoxy) is 2. The Morgan fingerprint density at radius 2 is 1.91 bits per heavy atom. The van der Waals surface area contributed by atoms with Gasteiger partial charge in [-0.05, 0) is 83.3 Å². The molecular weight excluding hydrogens is 549 g/mol. The number of aromatic hydroxyl groups is 1. The number of fused-ring (bicyclic) bond motifs is 1. The van der Waals surface area contributed by atoms with Crippen LogP contribution < -0.4 is 20.2 Å². The molecule has 3 N–H and O–H groups in total. The number of nitrogens with one attached hydrogen (secondary N) is 2. The summed E-state index contributed by atoms with van der Waals surface area (Å²) in [6.45, 7) is 3.96. The van der Waals surface area contributed by atoms with Crippen molar-refractivity contribution in [3.8, 4) is 17.2 Å². The van der Waals surface area contributed by atoms with Crippen LogP contribution in [0.2, 0.25) is 0 Å². The van der Waals surface area contributed by atoms with E-state index in [0.717, 1.165) is 3.57 Å². The smallest absolute Gasteiger partial charge is 0.276 e. The van der Waals surface area contributed by atoms with E-state index in [4.69, 9.17) is 9.47 Å². The lowest BCUT2D eigenvalue weighted by Gasteiger charge is -2.38. The number of nitrogens with zero attached hydrogens (tertiary/aromatic N) is 1. The highest BCUT2D eigenvalue weighted by Crippen LogP contribution is 2.37. The first-order chi connectivity index (χ1) is 16.4. The molecule has 4 rings (SSSR count). The number of benzene rings is 3. The van der Waals surface area contributed by atoms with E-state index >= 15 is 0 Å². The highest BCUT2D eigenvalue weighted by Gasteiger charge is 2.36. The predicted octanol–water partition coefficient (Wildman–Crippen LogP) is 4.48. The molecule has 174 valence electrons. The van der Waals surface area contributed by atoms with Crippen molar-refractivity contribution in [2.45, 2.75) is 6.17 Å². The Labute approximate surface area is 210 Å². The molecule has 0 aromatic heterocycles. The minimum absolute atomic E-state index is 0.0527. The maximum absolute atomic E-state index is 13.5. The molecule has 1 atom stereocenters. The van der Waals surface area contributed by atoms with E-state index < -0.39 is 18.0 Å². The van der Waals surface area contributed by atoms with Crippen molar-refractivity contribution in [3.05, 3.63) is 93.6 Å². The molecule has 0 aliphatic carbocycles. The lowest BCUT2D eigenvalue weighted by atomic mass is 10.0. The molecule has 8 nitrogen and oxygen atoms in total. The van der Waals surface area contributed by atoms with Gasteiger partial charge in [0.2, 0.25) is 0 Å². The van der Waals surface area contributed by atoms with Crippen LogP contribution in [0.15, 0.2) is 73.3 Å². The van der Waals surface area contributed by atoms with E-state index in [1.807, 2.05) is 6.07 Å². The zero-order valence-electron chi connectivity index (χ0n) is 18.2. The Kier molecular flexibility index (Phi) is 6.92. The van der Waals surface area contributed by atoms with Crippen molar-refractivity contribution in [1.82, 2.24) is 10.4 Å². The Balaban J connectivity index is 1.69. The topological polar surface area (TPSA) is 100 Å². The van der Waals surface area contributed by atoms with Gasteiger partial charge >= 0.3 is 0 Å². The molecule has 0 fully saturated rings. The van der Waals surface area contributed by atoms with E-state index in [1.54, 1.807) is 54.6 Å². The summed E-state index contributed by atoms with van der Waals surface area (Å²) in [5, 5.41) is 15.0. The molecule has 0 saturated carbocycles. The van der Waals surface area contributed by atoms with Gasteiger partial charge in [-0.1, -0.05) is 12.7 Å². The van der Waals surface area contributed by atoms with Crippen LogP contribution in [0, 0.1) is 3.57 Å². The second-order valence-corrected chi connectivity index (χ2v) is 8.65. The number of carbonyl (C=O) groups is 2. The lowest BCUT2D eigenvalue weighted by Crippen LogP contribution is -2.52. The number of rotatable bonds is 7. The quantitative estimate of drug-likeness (QED) is 0.286. The monoisotopic (exact) mass is 571 g/mol. The summed E-state index contributed by atoms with van der Waals surface area (Å²) in [4.78, 5) is 26.6. The molecular formula is C25H22IN3O5. The summed E-state index contributed by atoms with van der Waals surface area (Å²) in [6.07, 6.45) is 0.747. The molecule has 2 amide bonds. The third-order valence-corrected chi connectivity index (χ3v) is 5.89. The second-order valence-electron chi connectivity index (χ2n) is 7.40. The van der Waals surface area contributed by atoms with Crippen LogP contribution in [0.3, 0.4) is 0 Å². The Hall–Kier alpha value is -3.73. The molecule has 34 heavy (non-hydrogen) atoms. The first-order valence-electron chi connectivity index (χ1n) is 10.3. The number of phenolic OH excluding ortho intramolecular Hbond substituents is 1. The van der Waals surface area contributed by atoms with Crippen LogP contribution in [0.1, 0.15) is 32.4 Å². The van der Waals surface area contributed by atoms with Gasteiger partial charge in [-0.2, -0.15) is 0 Å². The SMILES string of the molecule is C=CCOc1ccc(C(=O)NN2C(=O)c3cc(I)ccc3N[C@H]2c2cc(OC)ccc2O)cc1. The number of phenols is 1. The molecule has 3 aromatic carbocycles. The van der Waals surface area contributed by atoms with E-state index in [0.29, 0.717) is 40.5 Å². The molecule has 0 spiro atoms. The molecule has 0 radical (unpaired) electrons. The maximum Gasteiger partial charge on any atom is 0.276 e. The first kappa shape index (κ1) is 23.4. The summed E-state index contributed by atoms with van der Waals surface area (Å²) in [5.41, 5.74) is 4.38. The molecule has 1 aliphatic heterocycles. The number of halogens is 1. The Morgan fingerprint density at radius 3 is 2.62 bits per heavy atom. The normalized spacial score (nSPS) is 14.6. The van der Waals surface area contributed by atoms with Gasteiger partial charge in [0, 0.05) is 20.4 Å². The highest BCUT2D eigenvalue weighted by molar-refractivity contribution is 14.1. The molecule has 1 heterocycles. The van der Waals surface area contributed by atoms with Crippen molar-refractivity contribution < 1.29 is 24.2 Å². The highest BCUT2D eigenvalue weighted by atomic mass is 127. The van der Waals surface area contributed by atoms with E-state index in [-0.39, 0.29) is 5.75 Å². The standard InChI is InChI=1S/C25H22IN3O5/c1-3-12-34-17-7-4-15(5-8-17)24(31)28-29-23(20-14-18(33-2)9-11-22(20)30)27-21-10-6-16(26)13-19(21)25(29)32/h3-11,13-14,23,27,30H,1,12H2,2H3,(H,28,31)/t23-/m1/s1. The van der Waals surface area contributed by atoms with Gasteiger partial charge < -0.3 is 19.9 Å². The van der Waals surface area contributed by atoms with Gasteiger partial charge in [0.05, 0.1) is 12.7 Å². The number of hydrogen-bond donors (Lipinski definition) is 3. The average molecular weight is 571 g/mol. The number of hydrogen-bond acceptors (Lipinski definition) is 6. The van der Waals surface area contributed by atoms with Crippen LogP contribution in [0.25, 0.3) is 0 Å². The van der Waals surface area contributed by atoms with Crippen molar-refractivity contribution >= 4 is 40.1 Å². The van der Waals surface area contributed by atoms with Crippen LogP contribution in [0.4, 0.5) is 5.69 Å². The van der Waals surface area contributed by atoms with Gasteiger partial charge in [0.25, 0.3) is 11.8 Å². The third kappa shape index (κ3) is 4.79. The number of hydrazine groups is 1. The molecule has 9 heteroatoms. The predicted molar refractivity (Wildman–Crippen MR) is 136 cm³/mol. The lowest BCUT2D eigenvalue weighted by molar-refractivity contribution is 0.0488. The van der Waals surface area contributed by atoms with Crippen molar-refractivity contribution in [1.29, 1.82) is 0 Å². The van der Waals surface area contributed by atoms with Gasteiger partial charge in [0.1, 0.15) is 23.9 Å². The fourth-order valence-electron chi connectivity index (χ4n) is 3.52. The molecule has 1 aliphatic rings. The zero-order valence-corrected chi connectivity index (χ0v) is 20.4. The van der Waals surface area contributed by atoms with Crippen molar-refractivity contribution in [2.75, 3.05) is 19.0 Å². The van der Waals surface area contributed by atoms with E-state index in [1.165, 1.54) is 18.2 Å². The minimum Gasteiger partial charge on any atom is -0.508 e. The third-order valence-electron chi connectivity index (χ3n) is 5.22. The molecule has 0 bridgehead atoms. The number of carbonyl (C=O) groups excluding carboxylic acids is 2. The number of amides is 2. The number of methoxy groups -OCH3 is 1. The largest absolute Gasteiger partial charge is 0.508 e. The van der Waals surface area contributed by atoms with Crippen LogP contribution in [-0.2, 0) is 0 Å². The Morgan fingerprint density at radius 1 is 1.18 bits per heavy atom. The average Bonchev–Trinajstić information content (AvgIpc) is 2.85. The van der Waals surface area contributed by atoms with E-state index in [2.05, 4.69) is 39.9 Å². The van der Waals surface area contributed by atoms with Gasteiger partial charge in [-0.3, -0.25) is 15.0 Å². The maximum atomic E-state index is 13.5. The van der Waals surface area contributed by atoms with E-state index in [9.17, 15) is 14.7 Å². The fraction of sp³-hybridized carbons (Fsp3) is 0.120. The van der Waals surface area contributed by atoms with Gasteiger partial charge in [-0.15, -0.1) is 0 Å². The van der Waals surface area contributed by atoms with Crippen molar-refractivity contribution in [3.63, 3.8) is 0 Å². The summed E-state index contributed by atoms with van der Waals surface area (Å²) in [7, 11) is 1.51. The zero-order chi connectivity index (χ0) is 24.2. The number of anilines is 1. The van der Waals surface area contributed by atoms with Crippen LogP contribution >= 0.6 is 22.6 Å². The minimum atomic E-state index is -0.880. The van der Waals surface area contributed by atoms with Gasteiger partial charge in [-0.25, -0.2) is 5.01 Å². The van der Waals surface area contributed by atoms with Crippen molar-refractivity contribution in [2.24, 2.45) is 0 Å². The van der Waals surface area contributed by atoms with Gasteiger partial charge in [0.15, 0.2) is 6.17 Å². The molecule has 3 aromatic rings. The summed E-state index contributed by atoms with van der Waals surface area (Å²) < 4.78 is 11.6. The van der Waals surface area contributed by atoms with Crippen LogP contribution in [-0.4, -0.2) is 35.6 Å². The second kappa shape index (κ2) is 10.0. The molecule has 0 saturated heterocycles. The summed E-state index contributed by atoms with van der Waals surface area (Å²) >= 11 is 2.12. The molecule has 0 unspecified atom stereocenters. The Bertz CT molecular complexity index is 1250. The summed E-state index contributed by atoms with van der Waals surface area (Å²) in [6, 6.07) is 16.6. The van der Waals surface area contributed by atoms with Crippen LogP contribution in [0.5, 0.6) is 17.2 Å².